The molecule has 0 saturated heterocycles. The van der Waals surface area contributed by atoms with Crippen molar-refractivity contribution in [3.63, 3.8) is 0 Å². The third kappa shape index (κ3) is 2.47. The molecule has 0 aromatic carbocycles. The Morgan fingerprint density at radius 1 is 1.53 bits per heavy atom. The zero-order valence-electron chi connectivity index (χ0n) is 9.15. The molecule has 1 saturated carbocycles. The van der Waals surface area contributed by atoms with Crippen molar-refractivity contribution in [3.8, 4) is 0 Å². The molecule has 15 heavy (non-hydrogen) atoms. The number of hydrogen-bond donors (Lipinski definition) is 1. The van der Waals surface area contributed by atoms with E-state index in [1.807, 2.05) is 11.6 Å². The molecule has 5 heteroatoms. The number of hydrogen-bond acceptors (Lipinski definition) is 4. The maximum Gasteiger partial charge on any atom is 0.169 e. The van der Waals surface area contributed by atoms with Gasteiger partial charge in [0.15, 0.2) is 5.82 Å². The van der Waals surface area contributed by atoms with Crippen LogP contribution in [0.25, 0.3) is 0 Å². The lowest BCUT2D eigenvalue weighted by Gasteiger charge is -2.05. The molecule has 84 valence electrons. The molecule has 1 aromatic heterocycles. The van der Waals surface area contributed by atoms with Crippen LogP contribution >= 0.6 is 0 Å². The minimum absolute atomic E-state index is 0.604. The second-order valence-electron chi connectivity index (χ2n) is 3.91. The van der Waals surface area contributed by atoms with Gasteiger partial charge in [0, 0.05) is 25.7 Å². The van der Waals surface area contributed by atoms with Gasteiger partial charge < -0.3 is 10.5 Å². The fourth-order valence-electron chi connectivity index (χ4n) is 1.74. The number of rotatable bonds is 6. The van der Waals surface area contributed by atoms with Gasteiger partial charge in [0.1, 0.15) is 0 Å². The zero-order valence-corrected chi connectivity index (χ0v) is 9.15. The molecule has 5 nitrogen and oxygen atoms in total. The summed E-state index contributed by atoms with van der Waals surface area (Å²) < 4.78 is 7.22. The van der Waals surface area contributed by atoms with E-state index in [-0.39, 0.29) is 0 Å². The summed E-state index contributed by atoms with van der Waals surface area (Å²) in [7, 11) is 0. The van der Waals surface area contributed by atoms with E-state index in [1.165, 1.54) is 12.8 Å². The Morgan fingerprint density at radius 2 is 2.33 bits per heavy atom. The van der Waals surface area contributed by atoms with E-state index in [9.17, 15) is 0 Å². The fraction of sp³-hybridized carbons (Fsp3) is 0.800. The van der Waals surface area contributed by atoms with Crippen LogP contribution in [0.1, 0.15) is 37.8 Å². The third-order valence-corrected chi connectivity index (χ3v) is 2.63. The fourth-order valence-corrected chi connectivity index (χ4v) is 1.74. The highest BCUT2D eigenvalue weighted by molar-refractivity contribution is 5.38. The summed E-state index contributed by atoms with van der Waals surface area (Å²) in [5, 5.41) is 7.99. The molecule has 1 aliphatic carbocycles. The number of ether oxygens (including phenoxy) is 1. The Balaban J connectivity index is 1.90. The molecule has 1 fully saturated rings. The van der Waals surface area contributed by atoms with Crippen molar-refractivity contribution in [1.82, 2.24) is 15.0 Å². The summed E-state index contributed by atoms with van der Waals surface area (Å²) in [4.78, 5) is 0. The molecule has 0 bridgehead atoms. The van der Waals surface area contributed by atoms with E-state index in [0.717, 1.165) is 31.9 Å². The molecule has 0 aliphatic heterocycles. The van der Waals surface area contributed by atoms with Crippen molar-refractivity contribution in [1.29, 1.82) is 0 Å². The first-order chi connectivity index (χ1) is 7.33. The van der Waals surface area contributed by atoms with Crippen molar-refractivity contribution in [2.45, 2.75) is 38.6 Å². The molecule has 1 aromatic rings. The van der Waals surface area contributed by atoms with Gasteiger partial charge in [-0.1, -0.05) is 5.21 Å². The molecule has 1 heterocycles. The molecule has 1 aliphatic rings. The van der Waals surface area contributed by atoms with E-state index < -0.39 is 0 Å². The molecule has 2 N–H and O–H groups in total. The van der Waals surface area contributed by atoms with E-state index in [2.05, 4.69) is 10.3 Å². The maximum atomic E-state index is 5.79. The smallest absolute Gasteiger partial charge is 0.169 e. The lowest BCUT2D eigenvalue weighted by molar-refractivity contribution is 0.140. The summed E-state index contributed by atoms with van der Waals surface area (Å²) >= 11 is 0. The van der Waals surface area contributed by atoms with Gasteiger partial charge in [0.05, 0.1) is 5.69 Å². The molecular formula is C10H18N4O. The van der Waals surface area contributed by atoms with Gasteiger partial charge in [-0.25, -0.2) is 4.68 Å². The summed E-state index contributed by atoms with van der Waals surface area (Å²) in [6, 6.07) is 0. The van der Waals surface area contributed by atoms with Crippen LogP contribution in [-0.4, -0.2) is 28.2 Å². The van der Waals surface area contributed by atoms with Gasteiger partial charge in [-0.05, 0) is 26.2 Å². The van der Waals surface area contributed by atoms with E-state index in [4.69, 9.17) is 10.5 Å². The SMILES string of the molecule is CCOCCCn1nnc(N)c1C1CC1. The highest BCUT2D eigenvalue weighted by Gasteiger charge is 2.30. The molecule has 0 amide bonds. The number of nitrogens with two attached hydrogens (primary N) is 1. The number of aromatic nitrogens is 3. The molecule has 0 unspecified atom stereocenters. The standard InChI is InChI=1S/C10H18N4O/c1-2-15-7-3-6-14-9(8-4-5-8)10(11)12-13-14/h8H,2-7,11H2,1H3. The van der Waals surface area contributed by atoms with Crippen LogP contribution in [0.15, 0.2) is 0 Å². The van der Waals surface area contributed by atoms with Gasteiger partial charge >= 0.3 is 0 Å². The van der Waals surface area contributed by atoms with E-state index >= 15 is 0 Å². The van der Waals surface area contributed by atoms with Crippen LogP contribution in [0.5, 0.6) is 0 Å². The average molecular weight is 210 g/mol. The quantitative estimate of drug-likeness (QED) is 0.716. The second-order valence-corrected chi connectivity index (χ2v) is 3.91. The van der Waals surface area contributed by atoms with Gasteiger partial charge in [0.25, 0.3) is 0 Å². The summed E-state index contributed by atoms with van der Waals surface area (Å²) in [5.74, 6) is 1.21. The first-order valence-corrected chi connectivity index (χ1v) is 5.59. The Morgan fingerprint density at radius 3 is 3.00 bits per heavy atom. The highest BCUT2D eigenvalue weighted by Crippen LogP contribution is 2.41. The molecule has 2 rings (SSSR count). The molecule has 0 radical (unpaired) electrons. The predicted octanol–water partition coefficient (Wildman–Crippen LogP) is 1.16. The van der Waals surface area contributed by atoms with Gasteiger partial charge in [0.2, 0.25) is 0 Å². The van der Waals surface area contributed by atoms with Crippen LogP contribution in [-0.2, 0) is 11.3 Å². The normalized spacial score (nSPS) is 15.8. The van der Waals surface area contributed by atoms with E-state index in [1.54, 1.807) is 0 Å². The van der Waals surface area contributed by atoms with Crippen LogP contribution in [0.2, 0.25) is 0 Å². The van der Waals surface area contributed by atoms with E-state index in [0.29, 0.717) is 11.7 Å². The van der Waals surface area contributed by atoms with Crippen molar-refractivity contribution in [3.05, 3.63) is 5.69 Å². The predicted molar refractivity (Wildman–Crippen MR) is 57.5 cm³/mol. The number of aryl methyl sites for hydroxylation is 1. The molecule has 0 spiro atoms. The lowest BCUT2D eigenvalue weighted by Crippen LogP contribution is -2.08. The van der Waals surface area contributed by atoms with Gasteiger partial charge in [-0.3, -0.25) is 0 Å². The highest BCUT2D eigenvalue weighted by atomic mass is 16.5. The van der Waals surface area contributed by atoms with Gasteiger partial charge in [-0.2, -0.15) is 0 Å². The zero-order chi connectivity index (χ0) is 10.7. The number of nitrogen functional groups attached to an aromatic ring is 1. The number of anilines is 1. The van der Waals surface area contributed by atoms with Crippen molar-refractivity contribution in [2.75, 3.05) is 18.9 Å². The van der Waals surface area contributed by atoms with Crippen LogP contribution in [0.3, 0.4) is 0 Å². The minimum Gasteiger partial charge on any atom is -0.382 e. The Hall–Kier alpha value is -1.10. The first-order valence-electron chi connectivity index (χ1n) is 5.59. The lowest BCUT2D eigenvalue weighted by atomic mass is 10.3. The maximum absolute atomic E-state index is 5.79. The summed E-state index contributed by atoms with van der Waals surface area (Å²) in [6.45, 7) is 4.41. The monoisotopic (exact) mass is 210 g/mol. The number of nitrogens with zero attached hydrogens (tertiary/aromatic N) is 3. The average Bonchev–Trinajstić information content (AvgIpc) is 2.99. The van der Waals surface area contributed by atoms with Crippen molar-refractivity contribution < 1.29 is 4.74 Å². The first kappa shape index (κ1) is 10.4. The van der Waals surface area contributed by atoms with Crippen molar-refractivity contribution >= 4 is 5.82 Å². The van der Waals surface area contributed by atoms with Crippen LogP contribution in [0, 0.1) is 0 Å². The second kappa shape index (κ2) is 4.61. The van der Waals surface area contributed by atoms with Crippen LogP contribution in [0.4, 0.5) is 5.82 Å². The minimum atomic E-state index is 0.604. The summed E-state index contributed by atoms with van der Waals surface area (Å²) in [6.07, 6.45) is 3.42. The topological polar surface area (TPSA) is 66.0 Å². The Kier molecular flexibility index (Phi) is 3.20. The van der Waals surface area contributed by atoms with Gasteiger partial charge in [-0.15, -0.1) is 5.10 Å². The largest absolute Gasteiger partial charge is 0.382 e. The Bertz CT molecular complexity index is 319. The third-order valence-electron chi connectivity index (χ3n) is 2.63. The Labute approximate surface area is 89.6 Å². The molecule has 0 atom stereocenters. The van der Waals surface area contributed by atoms with Crippen LogP contribution < -0.4 is 5.73 Å². The molecular weight excluding hydrogens is 192 g/mol. The van der Waals surface area contributed by atoms with Crippen molar-refractivity contribution in [2.24, 2.45) is 0 Å². The summed E-state index contributed by atoms with van der Waals surface area (Å²) in [5.41, 5.74) is 6.92.